The Hall–Kier alpha value is -3.60. The van der Waals surface area contributed by atoms with E-state index >= 15 is 0 Å². The number of aromatic nitrogens is 1. The second kappa shape index (κ2) is 8.74. The molecule has 1 aromatic carbocycles. The topological polar surface area (TPSA) is 89.8 Å². The normalized spacial score (nSPS) is 22.9. The number of hydrogen-bond acceptors (Lipinski definition) is 6. The molecule has 170 valence electrons. The SMILES string of the molecule is COc1cccc([C@H]2[C@@H](C(=O)N3CCN(c4ccc(C#N)nc4)CC3)CC(=O)N2C2CC2)c1. The summed E-state index contributed by atoms with van der Waals surface area (Å²) in [5.41, 5.74) is 2.31. The number of likely N-dealkylation sites (tertiary alicyclic amines) is 1. The summed E-state index contributed by atoms with van der Waals surface area (Å²) in [5.74, 6) is 0.481. The molecule has 33 heavy (non-hydrogen) atoms. The van der Waals surface area contributed by atoms with E-state index in [1.54, 1.807) is 19.4 Å². The van der Waals surface area contributed by atoms with Gasteiger partial charge in [-0.1, -0.05) is 12.1 Å². The lowest BCUT2D eigenvalue weighted by molar-refractivity contribution is -0.136. The second-order valence-electron chi connectivity index (χ2n) is 8.89. The molecule has 1 saturated carbocycles. The molecule has 3 aliphatic rings. The van der Waals surface area contributed by atoms with Gasteiger partial charge in [-0.25, -0.2) is 4.98 Å². The van der Waals surface area contributed by atoms with Crippen LogP contribution in [0.4, 0.5) is 5.69 Å². The highest BCUT2D eigenvalue weighted by Crippen LogP contribution is 2.46. The maximum Gasteiger partial charge on any atom is 0.228 e. The third-order valence-electron chi connectivity index (χ3n) is 6.88. The van der Waals surface area contributed by atoms with E-state index in [-0.39, 0.29) is 36.2 Å². The molecular weight excluding hydrogens is 418 g/mol. The highest BCUT2D eigenvalue weighted by Gasteiger charge is 2.50. The minimum Gasteiger partial charge on any atom is -0.497 e. The number of methoxy groups -OCH3 is 1. The van der Waals surface area contributed by atoms with E-state index in [2.05, 4.69) is 9.88 Å². The van der Waals surface area contributed by atoms with Crippen LogP contribution in [0.15, 0.2) is 42.6 Å². The van der Waals surface area contributed by atoms with Gasteiger partial charge < -0.3 is 19.4 Å². The number of carbonyl (C=O) groups excluding carboxylic acids is 2. The Balaban J connectivity index is 1.32. The molecule has 2 aromatic rings. The van der Waals surface area contributed by atoms with E-state index in [4.69, 9.17) is 10.00 Å². The maximum absolute atomic E-state index is 13.6. The Bertz CT molecular complexity index is 1080. The lowest BCUT2D eigenvalue weighted by Crippen LogP contribution is -2.51. The first-order valence-electron chi connectivity index (χ1n) is 11.4. The smallest absolute Gasteiger partial charge is 0.228 e. The molecule has 0 unspecified atom stereocenters. The molecule has 2 atom stereocenters. The summed E-state index contributed by atoms with van der Waals surface area (Å²) in [6.45, 7) is 2.57. The average molecular weight is 446 g/mol. The van der Waals surface area contributed by atoms with Gasteiger partial charge in [0.05, 0.1) is 31.0 Å². The number of ether oxygens (including phenoxy) is 1. The van der Waals surface area contributed by atoms with Crippen LogP contribution < -0.4 is 9.64 Å². The number of amides is 2. The Morgan fingerprint density at radius 3 is 2.58 bits per heavy atom. The standard InChI is InChI=1S/C25H27N5O3/c1-33-21-4-2-3-17(13-21)24-22(14-23(31)30(24)19-7-8-19)25(32)29-11-9-28(10-12-29)20-6-5-18(15-26)27-16-20/h2-6,13,16,19,22,24H,7-12,14H2,1H3/t22-,24-/m0/s1. The first kappa shape index (κ1) is 21.3. The minimum absolute atomic E-state index is 0.0527. The number of nitriles is 1. The highest BCUT2D eigenvalue weighted by atomic mass is 16.5. The predicted molar refractivity (Wildman–Crippen MR) is 121 cm³/mol. The van der Waals surface area contributed by atoms with Crippen molar-refractivity contribution < 1.29 is 14.3 Å². The van der Waals surface area contributed by atoms with Gasteiger partial charge in [-0.15, -0.1) is 0 Å². The van der Waals surface area contributed by atoms with Crippen LogP contribution in [-0.2, 0) is 9.59 Å². The summed E-state index contributed by atoms with van der Waals surface area (Å²) < 4.78 is 5.41. The quantitative estimate of drug-likeness (QED) is 0.702. The van der Waals surface area contributed by atoms with E-state index in [1.807, 2.05) is 46.2 Å². The van der Waals surface area contributed by atoms with E-state index in [0.29, 0.717) is 31.9 Å². The molecule has 2 aliphatic heterocycles. The van der Waals surface area contributed by atoms with Crippen molar-refractivity contribution in [1.29, 1.82) is 5.26 Å². The Morgan fingerprint density at radius 1 is 1.15 bits per heavy atom. The summed E-state index contributed by atoms with van der Waals surface area (Å²) in [5, 5.41) is 8.94. The zero-order valence-electron chi connectivity index (χ0n) is 18.7. The number of rotatable bonds is 5. The van der Waals surface area contributed by atoms with Crippen LogP contribution >= 0.6 is 0 Å². The van der Waals surface area contributed by atoms with Gasteiger partial charge in [0.25, 0.3) is 0 Å². The highest BCUT2D eigenvalue weighted by molar-refractivity contribution is 5.91. The zero-order valence-corrected chi connectivity index (χ0v) is 18.7. The summed E-state index contributed by atoms with van der Waals surface area (Å²) >= 11 is 0. The van der Waals surface area contributed by atoms with Gasteiger partial charge in [-0.2, -0.15) is 5.26 Å². The van der Waals surface area contributed by atoms with Gasteiger partial charge in [0.2, 0.25) is 11.8 Å². The predicted octanol–water partition coefficient (Wildman–Crippen LogP) is 2.36. The molecule has 0 N–H and O–H groups in total. The summed E-state index contributed by atoms with van der Waals surface area (Å²) in [6.07, 6.45) is 3.98. The van der Waals surface area contributed by atoms with Crippen LogP contribution in [0.25, 0.3) is 0 Å². The summed E-state index contributed by atoms with van der Waals surface area (Å²) in [6, 6.07) is 13.4. The monoisotopic (exact) mass is 445 g/mol. The molecule has 2 amide bonds. The second-order valence-corrected chi connectivity index (χ2v) is 8.89. The van der Waals surface area contributed by atoms with E-state index in [1.165, 1.54) is 0 Å². The van der Waals surface area contributed by atoms with Crippen LogP contribution in [0.5, 0.6) is 5.75 Å². The number of anilines is 1. The number of benzene rings is 1. The fourth-order valence-electron chi connectivity index (χ4n) is 5.04. The summed E-state index contributed by atoms with van der Waals surface area (Å²) in [4.78, 5) is 36.8. The van der Waals surface area contributed by atoms with Crippen molar-refractivity contribution in [1.82, 2.24) is 14.8 Å². The Kier molecular flexibility index (Phi) is 5.63. The molecule has 3 heterocycles. The van der Waals surface area contributed by atoms with Crippen molar-refractivity contribution in [3.63, 3.8) is 0 Å². The van der Waals surface area contributed by atoms with Gasteiger partial charge in [-0.3, -0.25) is 9.59 Å². The number of nitrogens with zero attached hydrogens (tertiary/aromatic N) is 5. The zero-order chi connectivity index (χ0) is 22.9. The maximum atomic E-state index is 13.6. The molecule has 5 rings (SSSR count). The molecule has 0 radical (unpaired) electrons. The van der Waals surface area contributed by atoms with Crippen LogP contribution in [-0.4, -0.2) is 65.9 Å². The number of carbonyl (C=O) groups is 2. The fraction of sp³-hybridized carbons (Fsp3) is 0.440. The summed E-state index contributed by atoms with van der Waals surface area (Å²) in [7, 11) is 1.63. The van der Waals surface area contributed by atoms with Gasteiger partial charge >= 0.3 is 0 Å². The number of piperazine rings is 1. The molecule has 2 saturated heterocycles. The van der Waals surface area contributed by atoms with E-state index < -0.39 is 0 Å². The molecule has 0 spiro atoms. The van der Waals surface area contributed by atoms with E-state index in [9.17, 15) is 9.59 Å². The van der Waals surface area contributed by atoms with Crippen molar-refractivity contribution in [2.45, 2.75) is 31.3 Å². The molecule has 8 heteroatoms. The van der Waals surface area contributed by atoms with Crippen molar-refractivity contribution in [3.8, 4) is 11.8 Å². The van der Waals surface area contributed by atoms with Crippen LogP contribution in [0.2, 0.25) is 0 Å². The minimum atomic E-state index is -0.381. The molecule has 1 aliphatic carbocycles. The average Bonchev–Trinajstić information content (AvgIpc) is 3.65. The third-order valence-corrected chi connectivity index (χ3v) is 6.88. The van der Waals surface area contributed by atoms with Crippen LogP contribution in [0, 0.1) is 17.2 Å². The fourth-order valence-corrected chi connectivity index (χ4v) is 5.04. The molecular formula is C25H27N5O3. The Morgan fingerprint density at radius 2 is 1.94 bits per heavy atom. The molecule has 0 bridgehead atoms. The molecule has 8 nitrogen and oxygen atoms in total. The van der Waals surface area contributed by atoms with Crippen LogP contribution in [0.3, 0.4) is 0 Å². The van der Waals surface area contributed by atoms with E-state index in [0.717, 1.165) is 29.8 Å². The molecule has 3 fully saturated rings. The van der Waals surface area contributed by atoms with Gasteiger partial charge in [0.1, 0.15) is 17.5 Å². The van der Waals surface area contributed by atoms with Crippen LogP contribution in [0.1, 0.15) is 36.6 Å². The number of pyridine rings is 1. The van der Waals surface area contributed by atoms with Crippen molar-refractivity contribution >= 4 is 17.5 Å². The molecule has 1 aromatic heterocycles. The van der Waals surface area contributed by atoms with Gasteiger partial charge in [0, 0.05) is 38.6 Å². The third kappa shape index (κ3) is 4.11. The van der Waals surface area contributed by atoms with Crippen molar-refractivity contribution in [2.24, 2.45) is 5.92 Å². The Labute approximate surface area is 193 Å². The van der Waals surface area contributed by atoms with Crippen molar-refractivity contribution in [3.05, 3.63) is 53.9 Å². The van der Waals surface area contributed by atoms with Gasteiger partial charge in [-0.05, 0) is 42.7 Å². The first-order chi connectivity index (χ1) is 16.1. The lowest BCUT2D eigenvalue weighted by atomic mass is 9.91. The lowest BCUT2D eigenvalue weighted by Gasteiger charge is -2.38. The van der Waals surface area contributed by atoms with Gasteiger partial charge in [0.15, 0.2) is 0 Å². The first-order valence-corrected chi connectivity index (χ1v) is 11.4. The largest absolute Gasteiger partial charge is 0.497 e. The van der Waals surface area contributed by atoms with Crippen molar-refractivity contribution in [2.75, 3.05) is 38.2 Å². The number of hydrogen-bond donors (Lipinski definition) is 0.